The normalized spacial score (nSPS) is 12.0. The zero-order valence-corrected chi connectivity index (χ0v) is 13.5. The van der Waals surface area contributed by atoms with Crippen molar-refractivity contribution in [3.05, 3.63) is 108 Å². The summed E-state index contributed by atoms with van der Waals surface area (Å²) < 4.78 is 13.2. The predicted molar refractivity (Wildman–Crippen MR) is 96.1 cm³/mol. The van der Waals surface area contributed by atoms with Crippen LogP contribution in [0.5, 0.6) is 0 Å². The third kappa shape index (κ3) is 4.61. The van der Waals surface area contributed by atoms with Gasteiger partial charge in [-0.25, -0.2) is 4.39 Å². The molecule has 1 heterocycles. The van der Waals surface area contributed by atoms with Crippen LogP contribution in [0.4, 0.5) is 4.39 Å². The second-order valence-electron chi connectivity index (χ2n) is 5.52. The van der Waals surface area contributed by atoms with Gasteiger partial charge in [0.15, 0.2) is 0 Å². The first-order chi connectivity index (χ1) is 12.2. The number of hydrogen-bond acceptors (Lipinski definition) is 2. The molecular weight excluding hydrogens is 315 g/mol. The van der Waals surface area contributed by atoms with E-state index in [0.29, 0.717) is 0 Å². The summed E-state index contributed by atoms with van der Waals surface area (Å²) in [5, 5.41) is 2.98. The molecule has 124 valence electrons. The summed E-state index contributed by atoms with van der Waals surface area (Å²) in [5.41, 5.74) is 2.64. The molecule has 1 amide bonds. The van der Waals surface area contributed by atoms with Gasteiger partial charge in [0.2, 0.25) is 5.91 Å². The van der Waals surface area contributed by atoms with E-state index in [-0.39, 0.29) is 17.8 Å². The molecule has 1 atom stereocenters. The number of benzene rings is 2. The molecule has 0 saturated heterocycles. The first-order valence-corrected chi connectivity index (χ1v) is 7.91. The van der Waals surface area contributed by atoms with Crippen molar-refractivity contribution < 1.29 is 9.18 Å². The van der Waals surface area contributed by atoms with Crippen LogP contribution in [-0.2, 0) is 4.79 Å². The maximum absolute atomic E-state index is 13.2. The molecule has 0 spiro atoms. The van der Waals surface area contributed by atoms with E-state index in [2.05, 4.69) is 10.3 Å². The van der Waals surface area contributed by atoms with Gasteiger partial charge in [-0.3, -0.25) is 9.78 Å². The number of amides is 1. The minimum Gasteiger partial charge on any atom is -0.342 e. The summed E-state index contributed by atoms with van der Waals surface area (Å²) >= 11 is 0. The topological polar surface area (TPSA) is 42.0 Å². The minimum atomic E-state index is -0.351. The molecule has 1 aromatic heterocycles. The summed E-state index contributed by atoms with van der Waals surface area (Å²) in [6, 6.07) is 19.0. The van der Waals surface area contributed by atoms with Crippen molar-refractivity contribution in [3.8, 4) is 0 Å². The largest absolute Gasteiger partial charge is 0.342 e. The van der Waals surface area contributed by atoms with E-state index in [1.54, 1.807) is 30.6 Å². The van der Waals surface area contributed by atoms with Gasteiger partial charge < -0.3 is 5.32 Å². The summed E-state index contributed by atoms with van der Waals surface area (Å²) in [6.45, 7) is 0. The van der Waals surface area contributed by atoms with E-state index in [0.717, 1.165) is 16.7 Å². The lowest BCUT2D eigenvalue weighted by Crippen LogP contribution is -2.27. The number of rotatable bonds is 5. The SMILES string of the molecule is O=C(/C=C/c1ccncc1)NC(c1ccccc1)c1ccc(F)cc1. The van der Waals surface area contributed by atoms with E-state index in [1.165, 1.54) is 18.2 Å². The average Bonchev–Trinajstić information content (AvgIpc) is 2.67. The Labute approximate surface area is 145 Å². The Morgan fingerprint density at radius 2 is 1.56 bits per heavy atom. The second kappa shape index (κ2) is 8.02. The summed E-state index contributed by atoms with van der Waals surface area (Å²) in [6.07, 6.45) is 6.55. The number of hydrogen-bond donors (Lipinski definition) is 1. The molecule has 3 aromatic rings. The number of nitrogens with one attached hydrogen (secondary N) is 1. The molecule has 4 heteroatoms. The Morgan fingerprint density at radius 3 is 2.24 bits per heavy atom. The molecule has 3 nitrogen and oxygen atoms in total. The number of carbonyl (C=O) groups is 1. The third-order valence-electron chi connectivity index (χ3n) is 3.76. The standard InChI is InChI=1S/C21H17FN2O/c22-19-9-7-18(8-10-19)21(17-4-2-1-3-5-17)24-20(25)11-6-16-12-14-23-15-13-16/h1-15,21H,(H,24,25)/b11-6+. The van der Waals surface area contributed by atoms with Gasteiger partial charge in [-0.15, -0.1) is 0 Å². The lowest BCUT2D eigenvalue weighted by atomic mass is 9.98. The number of pyridine rings is 1. The zero-order chi connectivity index (χ0) is 17.5. The monoisotopic (exact) mass is 332 g/mol. The average molecular weight is 332 g/mol. The van der Waals surface area contributed by atoms with Crippen LogP contribution in [0.1, 0.15) is 22.7 Å². The molecule has 1 N–H and O–H groups in total. The van der Waals surface area contributed by atoms with Gasteiger partial charge in [0.1, 0.15) is 5.82 Å². The maximum atomic E-state index is 13.2. The third-order valence-corrected chi connectivity index (χ3v) is 3.76. The van der Waals surface area contributed by atoms with Crippen molar-refractivity contribution >= 4 is 12.0 Å². The van der Waals surface area contributed by atoms with E-state index < -0.39 is 0 Å². The molecule has 25 heavy (non-hydrogen) atoms. The van der Waals surface area contributed by atoms with Crippen molar-refractivity contribution in [2.24, 2.45) is 0 Å². The quantitative estimate of drug-likeness (QED) is 0.714. The lowest BCUT2D eigenvalue weighted by Gasteiger charge is -2.19. The summed E-state index contributed by atoms with van der Waals surface area (Å²) in [4.78, 5) is 16.3. The van der Waals surface area contributed by atoms with Gasteiger partial charge in [0.25, 0.3) is 0 Å². The van der Waals surface area contributed by atoms with Gasteiger partial charge in [-0.1, -0.05) is 42.5 Å². The van der Waals surface area contributed by atoms with Crippen LogP contribution in [0.3, 0.4) is 0 Å². The van der Waals surface area contributed by atoms with Crippen LogP contribution in [-0.4, -0.2) is 10.9 Å². The molecule has 0 aliphatic carbocycles. The highest BCUT2D eigenvalue weighted by Crippen LogP contribution is 2.22. The maximum Gasteiger partial charge on any atom is 0.244 e. The van der Waals surface area contributed by atoms with Crippen LogP contribution >= 0.6 is 0 Å². The van der Waals surface area contributed by atoms with Crippen LogP contribution in [0, 0.1) is 5.82 Å². The lowest BCUT2D eigenvalue weighted by molar-refractivity contribution is -0.116. The van der Waals surface area contributed by atoms with Gasteiger partial charge in [-0.05, 0) is 47.0 Å². The molecule has 3 rings (SSSR count). The first-order valence-electron chi connectivity index (χ1n) is 7.91. The fourth-order valence-electron chi connectivity index (χ4n) is 2.50. The van der Waals surface area contributed by atoms with Crippen LogP contribution in [0.15, 0.2) is 85.2 Å². The van der Waals surface area contributed by atoms with Crippen molar-refractivity contribution in [1.82, 2.24) is 10.3 Å². The van der Waals surface area contributed by atoms with Gasteiger partial charge in [-0.2, -0.15) is 0 Å². The summed E-state index contributed by atoms with van der Waals surface area (Å²) in [5.74, 6) is -0.533. The highest BCUT2D eigenvalue weighted by molar-refractivity contribution is 5.92. The molecule has 1 unspecified atom stereocenters. The zero-order valence-electron chi connectivity index (χ0n) is 13.5. The molecule has 0 aliphatic heterocycles. The van der Waals surface area contributed by atoms with Crippen LogP contribution in [0.2, 0.25) is 0 Å². The number of aromatic nitrogens is 1. The van der Waals surface area contributed by atoms with E-state index in [4.69, 9.17) is 0 Å². The molecule has 0 saturated carbocycles. The minimum absolute atomic E-state index is 0.227. The Hall–Kier alpha value is -3.27. The van der Waals surface area contributed by atoms with Crippen molar-refractivity contribution in [1.29, 1.82) is 0 Å². The Bertz CT molecular complexity index is 846. The van der Waals surface area contributed by atoms with Gasteiger partial charge in [0, 0.05) is 18.5 Å². The van der Waals surface area contributed by atoms with Gasteiger partial charge in [0.05, 0.1) is 6.04 Å². The smallest absolute Gasteiger partial charge is 0.244 e. The highest BCUT2D eigenvalue weighted by atomic mass is 19.1. The van der Waals surface area contributed by atoms with E-state index >= 15 is 0 Å². The number of carbonyl (C=O) groups excluding carboxylic acids is 1. The molecule has 0 aliphatic rings. The summed E-state index contributed by atoms with van der Waals surface area (Å²) in [7, 11) is 0. The molecule has 0 fully saturated rings. The van der Waals surface area contributed by atoms with Crippen molar-refractivity contribution in [2.45, 2.75) is 6.04 Å². The highest BCUT2D eigenvalue weighted by Gasteiger charge is 2.15. The van der Waals surface area contributed by atoms with Crippen LogP contribution in [0.25, 0.3) is 6.08 Å². The van der Waals surface area contributed by atoms with E-state index in [9.17, 15) is 9.18 Å². The van der Waals surface area contributed by atoms with Crippen molar-refractivity contribution in [3.63, 3.8) is 0 Å². The predicted octanol–water partition coefficient (Wildman–Crippen LogP) is 4.14. The first kappa shape index (κ1) is 16.6. The molecule has 2 aromatic carbocycles. The Kier molecular flexibility index (Phi) is 5.32. The van der Waals surface area contributed by atoms with Crippen LogP contribution < -0.4 is 5.32 Å². The molecule has 0 bridgehead atoms. The fraction of sp³-hybridized carbons (Fsp3) is 0.0476. The van der Waals surface area contributed by atoms with E-state index in [1.807, 2.05) is 42.5 Å². The second-order valence-corrected chi connectivity index (χ2v) is 5.52. The van der Waals surface area contributed by atoms with Crippen molar-refractivity contribution in [2.75, 3.05) is 0 Å². The van der Waals surface area contributed by atoms with Gasteiger partial charge >= 0.3 is 0 Å². The number of halogens is 1. The Balaban J connectivity index is 1.81. The Morgan fingerprint density at radius 1 is 0.920 bits per heavy atom. The molecular formula is C21H17FN2O. The molecule has 0 radical (unpaired) electrons. The fourth-order valence-corrected chi connectivity index (χ4v) is 2.50. The number of nitrogens with zero attached hydrogens (tertiary/aromatic N) is 1.